The standard InChI is InChI=1S/C15H26O2/c1-14(2)11-13(5-10-16-14)17-12-3-6-15(7-4-12)8-9-15/h12-13H,3-11H2,1-2H3. The molecule has 1 unspecified atom stereocenters. The molecule has 98 valence electrons. The Bertz CT molecular complexity index is 271. The van der Waals surface area contributed by atoms with Crippen LogP contribution in [0.5, 0.6) is 0 Å². The van der Waals surface area contributed by atoms with E-state index in [0.717, 1.165) is 24.9 Å². The van der Waals surface area contributed by atoms with Crippen LogP contribution in [0.3, 0.4) is 0 Å². The number of ether oxygens (including phenoxy) is 2. The molecule has 3 aliphatic rings. The topological polar surface area (TPSA) is 18.5 Å². The van der Waals surface area contributed by atoms with Crippen LogP contribution in [0.2, 0.25) is 0 Å². The van der Waals surface area contributed by atoms with E-state index < -0.39 is 0 Å². The number of hydrogen-bond acceptors (Lipinski definition) is 2. The van der Waals surface area contributed by atoms with Crippen LogP contribution in [0.25, 0.3) is 0 Å². The lowest BCUT2D eigenvalue weighted by atomic mass is 9.84. The molecule has 3 rings (SSSR count). The molecule has 1 saturated heterocycles. The Labute approximate surface area is 105 Å². The molecule has 3 fully saturated rings. The van der Waals surface area contributed by atoms with Crippen molar-refractivity contribution in [2.45, 2.75) is 83.0 Å². The Kier molecular flexibility index (Phi) is 2.99. The summed E-state index contributed by atoms with van der Waals surface area (Å²) in [6.07, 6.45) is 11.6. The molecule has 1 spiro atoms. The Hall–Kier alpha value is -0.0800. The third-order valence-electron chi connectivity index (χ3n) is 4.99. The van der Waals surface area contributed by atoms with Gasteiger partial charge in [-0.2, -0.15) is 0 Å². The summed E-state index contributed by atoms with van der Waals surface area (Å²) in [6, 6.07) is 0. The molecule has 2 nitrogen and oxygen atoms in total. The average Bonchev–Trinajstić information content (AvgIpc) is 3.01. The summed E-state index contributed by atoms with van der Waals surface area (Å²) in [6.45, 7) is 5.24. The second kappa shape index (κ2) is 4.24. The van der Waals surface area contributed by atoms with Crippen molar-refractivity contribution in [2.75, 3.05) is 6.61 Å². The zero-order chi connectivity index (χ0) is 11.9. The fraction of sp³-hybridized carbons (Fsp3) is 1.00. The summed E-state index contributed by atoms with van der Waals surface area (Å²) in [5.41, 5.74) is 0.810. The minimum Gasteiger partial charge on any atom is -0.375 e. The van der Waals surface area contributed by atoms with E-state index in [-0.39, 0.29) is 5.60 Å². The van der Waals surface area contributed by atoms with Crippen molar-refractivity contribution in [3.8, 4) is 0 Å². The van der Waals surface area contributed by atoms with Gasteiger partial charge >= 0.3 is 0 Å². The fourth-order valence-corrected chi connectivity index (χ4v) is 3.58. The molecule has 1 atom stereocenters. The van der Waals surface area contributed by atoms with E-state index in [9.17, 15) is 0 Å². The minimum absolute atomic E-state index is 0.0231. The van der Waals surface area contributed by atoms with Gasteiger partial charge in [-0.05, 0) is 64.2 Å². The summed E-state index contributed by atoms with van der Waals surface area (Å²) >= 11 is 0. The maximum absolute atomic E-state index is 6.31. The second-order valence-corrected chi connectivity index (χ2v) is 7.06. The van der Waals surface area contributed by atoms with Gasteiger partial charge in [-0.15, -0.1) is 0 Å². The van der Waals surface area contributed by atoms with E-state index in [1.54, 1.807) is 0 Å². The molecule has 0 aromatic rings. The average molecular weight is 238 g/mol. The lowest BCUT2D eigenvalue weighted by Gasteiger charge is -2.38. The third-order valence-corrected chi connectivity index (χ3v) is 4.99. The van der Waals surface area contributed by atoms with Crippen molar-refractivity contribution in [1.82, 2.24) is 0 Å². The quantitative estimate of drug-likeness (QED) is 0.730. The predicted octanol–water partition coefficient (Wildman–Crippen LogP) is 3.68. The molecular weight excluding hydrogens is 212 g/mol. The first-order valence-electron chi connectivity index (χ1n) is 7.36. The molecule has 0 amide bonds. The van der Waals surface area contributed by atoms with Gasteiger partial charge < -0.3 is 9.47 Å². The highest BCUT2D eigenvalue weighted by Gasteiger charge is 2.45. The van der Waals surface area contributed by atoms with Gasteiger partial charge in [0.05, 0.1) is 17.8 Å². The second-order valence-electron chi connectivity index (χ2n) is 7.06. The van der Waals surface area contributed by atoms with E-state index in [4.69, 9.17) is 9.47 Å². The van der Waals surface area contributed by atoms with Crippen molar-refractivity contribution in [3.63, 3.8) is 0 Å². The van der Waals surface area contributed by atoms with E-state index in [2.05, 4.69) is 13.8 Å². The summed E-state index contributed by atoms with van der Waals surface area (Å²) < 4.78 is 12.1. The molecular formula is C15H26O2. The zero-order valence-corrected chi connectivity index (χ0v) is 11.3. The maximum Gasteiger partial charge on any atom is 0.0651 e. The molecule has 0 aromatic carbocycles. The van der Waals surface area contributed by atoms with Crippen LogP contribution in [0.15, 0.2) is 0 Å². The molecule has 0 N–H and O–H groups in total. The molecule has 2 heteroatoms. The lowest BCUT2D eigenvalue weighted by Crippen LogP contribution is -2.40. The van der Waals surface area contributed by atoms with Crippen LogP contribution in [0.1, 0.15) is 65.2 Å². The summed E-state index contributed by atoms with van der Waals surface area (Å²) in [5.74, 6) is 0. The Morgan fingerprint density at radius 1 is 0.941 bits per heavy atom. The fourth-order valence-electron chi connectivity index (χ4n) is 3.58. The molecule has 2 saturated carbocycles. The number of hydrogen-bond donors (Lipinski definition) is 0. The van der Waals surface area contributed by atoms with E-state index in [0.29, 0.717) is 12.2 Å². The normalized spacial score (nSPS) is 36.0. The Morgan fingerprint density at radius 3 is 2.24 bits per heavy atom. The first kappa shape index (κ1) is 12.0. The molecule has 1 aliphatic heterocycles. The van der Waals surface area contributed by atoms with Gasteiger partial charge in [-0.25, -0.2) is 0 Å². The highest BCUT2D eigenvalue weighted by molar-refractivity contribution is 4.97. The zero-order valence-electron chi connectivity index (χ0n) is 11.3. The van der Waals surface area contributed by atoms with E-state index >= 15 is 0 Å². The highest BCUT2D eigenvalue weighted by Crippen LogP contribution is 2.56. The van der Waals surface area contributed by atoms with Crippen molar-refractivity contribution in [1.29, 1.82) is 0 Å². The first-order chi connectivity index (χ1) is 8.07. The third kappa shape index (κ3) is 2.85. The van der Waals surface area contributed by atoms with E-state index in [1.807, 2.05) is 0 Å². The molecule has 1 heterocycles. The van der Waals surface area contributed by atoms with Gasteiger partial charge in [0, 0.05) is 13.0 Å². The van der Waals surface area contributed by atoms with Crippen LogP contribution in [0, 0.1) is 5.41 Å². The number of rotatable bonds is 2. The van der Waals surface area contributed by atoms with Crippen molar-refractivity contribution >= 4 is 0 Å². The van der Waals surface area contributed by atoms with Crippen molar-refractivity contribution in [2.24, 2.45) is 5.41 Å². The van der Waals surface area contributed by atoms with Crippen molar-refractivity contribution < 1.29 is 9.47 Å². The lowest BCUT2D eigenvalue weighted by molar-refractivity contribution is -0.139. The van der Waals surface area contributed by atoms with Crippen LogP contribution in [-0.4, -0.2) is 24.4 Å². The minimum atomic E-state index is 0.0231. The Morgan fingerprint density at radius 2 is 1.65 bits per heavy atom. The van der Waals surface area contributed by atoms with Gasteiger partial charge in [0.25, 0.3) is 0 Å². The summed E-state index contributed by atoms with van der Waals surface area (Å²) in [5, 5.41) is 0. The van der Waals surface area contributed by atoms with Gasteiger partial charge in [-0.3, -0.25) is 0 Å². The van der Waals surface area contributed by atoms with Crippen LogP contribution in [0.4, 0.5) is 0 Å². The summed E-state index contributed by atoms with van der Waals surface area (Å²) in [4.78, 5) is 0. The molecule has 0 bridgehead atoms. The summed E-state index contributed by atoms with van der Waals surface area (Å²) in [7, 11) is 0. The van der Waals surface area contributed by atoms with E-state index in [1.165, 1.54) is 38.5 Å². The largest absolute Gasteiger partial charge is 0.375 e. The SMILES string of the molecule is CC1(C)CC(OC2CCC3(CC2)CC3)CCO1. The van der Waals surface area contributed by atoms with Crippen LogP contribution < -0.4 is 0 Å². The molecule has 0 aromatic heterocycles. The highest BCUT2D eigenvalue weighted by atomic mass is 16.5. The first-order valence-corrected chi connectivity index (χ1v) is 7.36. The van der Waals surface area contributed by atoms with Gasteiger partial charge in [0.2, 0.25) is 0 Å². The van der Waals surface area contributed by atoms with Crippen molar-refractivity contribution in [3.05, 3.63) is 0 Å². The molecule has 2 aliphatic carbocycles. The smallest absolute Gasteiger partial charge is 0.0651 e. The molecule has 17 heavy (non-hydrogen) atoms. The van der Waals surface area contributed by atoms with Gasteiger partial charge in [-0.1, -0.05) is 0 Å². The predicted molar refractivity (Wildman–Crippen MR) is 68.1 cm³/mol. The molecule has 0 radical (unpaired) electrons. The monoisotopic (exact) mass is 238 g/mol. The maximum atomic E-state index is 6.31. The van der Waals surface area contributed by atoms with Crippen LogP contribution in [-0.2, 0) is 9.47 Å². The van der Waals surface area contributed by atoms with Crippen LogP contribution >= 0.6 is 0 Å². The van der Waals surface area contributed by atoms with Gasteiger partial charge in [0.1, 0.15) is 0 Å². The Balaban J connectivity index is 1.47. The van der Waals surface area contributed by atoms with Gasteiger partial charge in [0.15, 0.2) is 0 Å².